The van der Waals surface area contributed by atoms with Crippen LogP contribution in [-0.4, -0.2) is 36.4 Å². The molecule has 4 heteroatoms. The number of rotatable bonds is 10. The van der Waals surface area contributed by atoms with E-state index in [2.05, 4.69) is 67.9 Å². The van der Waals surface area contributed by atoms with Gasteiger partial charge in [-0.15, -0.1) is 0 Å². The summed E-state index contributed by atoms with van der Waals surface area (Å²) in [6.45, 7) is 13.2. The summed E-state index contributed by atoms with van der Waals surface area (Å²) < 4.78 is 15.5. The molecule has 1 aromatic carbocycles. The van der Waals surface area contributed by atoms with Gasteiger partial charge in [-0.3, -0.25) is 4.99 Å². The van der Waals surface area contributed by atoms with E-state index in [1.165, 1.54) is 16.8 Å². The topological polar surface area (TPSA) is 27.6 Å². The van der Waals surface area contributed by atoms with Gasteiger partial charge >= 0.3 is 0 Å². The number of halogens is 1. The maximum absolute atomic E-state index is 15.5. The second-order valence-electron chi connectivity index (χ2n) is 8.77. The lowest BCUT2D eigenvalue weighted by atomic mass is 9.93. The number of nitrogens with zero attached hydrogens (tertiary/aromatic N) is 2. The minimum atomic E-state index is -1.06. The van der Waals surface area contributed by atoms with Crippen molar-refractivity contribution in [1.29, 1.82) is 0 Å². The number of benzene rings is 1. The standard InChI is InChI=1S/C28H38FN3/c1-5-11-26(22(4)32-18-16-24-15-10-17-30-28(24)20-32)31-27(12-6-2)25(29)19-21(3)23-13-8-7-9-14-23/h7-11,13-15,21,25,30H,4-6,12,16-20H2,1-3H3/b26-11+,31-27+. The molecule has 172 valence electrons. The molecular formula is C28H38FN3. The van der Waals surface area contributed by atoms with Gasteiger partial charge in [0.15, 0.2) is 0 Å². The molecule has 0 bridgehead atoms. The lowest BCUT2D eigenvalue weighted by molar-refractivity contribution is 0.354. The van der Waals surface area contributed by atoms with Gasteiger partial charge in [-0.2, -0.15) is 0 Å². The van der Waals surface area contributed by atoms with Crippen molar-refractivity contribution in [2.24, 2.45) is 4.99 Å². The zero-order valence-corrected chi connectivity index (χ0v) is 19.9. The van der Waals surface area contributed by atoms with E-state index in [4.69, 9.17) is 4.99 Å². The summed E-state index contributed by atoms with van der Waals surface area (Å²) in [6.07, 6.45) is 9.26. The second-order valence-corrected chi connectivity index (χ2v) is 8.77. The van der Waals surface area contributed by atoms with Gasteiger partial charge in [-0.25, -0.2) is 4.39 Å². The summed E-state index contributed by atoms with van der Waals surface area (Å²) in [5.74, 6) is 0.146. The van der Waals surface area contributed by atoms with Crippen LogP contribution in [0.4, 0.5) is 4.39 Å². The summed E-state index contributed by atoms with van der Waals surface area (Å²) in [4.78, 5) is 7.17. The molecule has 1 aromatic rings. The van der Waals surface area contributed by atoms with Crippen LogP contribution in [0.25, 0.3) is 0 Å². The normalized spacial score (nSPS) is 18.8. The third-order valence-electron chi connectivity index (χ3n) is 6.28. The first-order valence-electron chi connectivity index (χ1n) is 12.1. The van der Waals surface area contributed by atoms with Crippen molar-refractivity contribution in [2.75, 3.05) is 19.6 Å². The Bertz CT molecular complexity index is 895. The first-order chi connectivity index (χ1) is 15.5. The van der Waals surface area contributed by atoms with Crippen molar-refractivity contribution in [2.45, 2.75) is 65.0 Å². The molecule has 2 unspecified atom stereocenters. The third kappa shape index (κ3) is 6.21. The minimum Gasteiger partial charge on any atom is -0.383 e. The number of hydrogen-bond acceptors (Lipinski definition) is 3. The van der Waals surface area contributed by atoms with Crippen molar-refractivity contribution >= 4 is 5.71 Å². The maximum Gasteiger partial charge on any atom is 0.139 e. The highest BCUT2D eigenvalue weighted by Crippen LogP contribution is 2.28. The molecule has 32 heavy (non-hydrogen) atoms. The van der Waals surface area contributed by atoms with Crippen molar-refractivity contribution in [3.63, 3.8) is 0 Å². The summed E-state index contributed by atoms with van der Waals surface area (Å²) in [7, 11) is 0. The summed E-state index contributed by atoms with van der Waals surface area (Å²) >= 11 is 0. The van der Waals surface area contributed by atoms with Crippen molar-refractivity contribution in [3.8, 4) is 0 Å². The van der Waals surface area contributed by atoms with E-state index in [0.717, 1.165) is 50.3 Å². The Morgan fingerprint density at radius 2 is 2.06 bits per heavy atom. The number of nitrogens with one attached hydrogen (secondary N) is 1. The maximum atomic E-state index is 15.5. The highest BCUT2D eigenvalue weighted by atomic mass is 19.1. The van der Waals surface area contributed by atoms with Crippen LogP contribution < -0.4 is 5.32 Å². The highest BCUT2D eigenvalue weighted by molar-refractivity contribution is 5.89. The van der Waals surface area contributed by atoms with E-state index < -0.39 is 6.17 Å². The molecule has 0 radical (unpaired) electrons. The molecule has 0 spiro atoms. The molecule has 0 amide bonds. The Labute approximate surface area is 193 Å². The van der Waals surface area contributed by atoms with Crippen LogP contribution in [0.3, 0.4) is 0 Å². The molecule has 2 aliphatic rings. The second kappa shape index (κ2) is 11.8. The van der Waals surface area contributed by atoms with Gasteiger partial charge < -0.3 is 10.2 Å². The number of alkyl halides is 1. The molecule has 2 aliphatic heterocycles. The molecule has 2 heterocycles. The number of dihydropyridines is 1. The van der Waals surface area contributed by atoms with Crippen molar-refractivity contribution < 1.29 is 4.39 Å². The van der Waals surface area contributed by atoms with E-state index >= 15 is 4.39 Å². The lowest BCUT2D eigenvalue weighted by Crippen LogP contribution is -2.37. The Hall–Kier alpha value is -2.62. The van der Waals surface area contributed by atoms with Gasteiger partial charge in [0, 0.05) is 18.8 Å². The number of allylic oxidation sites excluding steroid dienone is 2. The number of aliphatic imine (C=N–C) groups is 1. The molecule has 0 fully saturated rings. The van der Waals surface area contributed by atoms with E-state index in [1.807, 2.05) is 18.2 Å². The first-order valence-corrected chi connectivity index (χ1v) is 12.1. The quantitative estimate of drug-likeness (QED) is 0.328. The van der Waals surface area contributed by atoms with Gasteiger partial charge in [0.1, 0.15) is 6.17 Å². The van der Waals surface area contributed by atoms with Gasteiger partial charge in [0.05, 0.1) is 23.7 Å². The SMILES string of the molecule is C=C(C(=C\CC)/N=C(\CCC)C(F)CC(C)c1ccccc1)N1CCC2=C(C1)NCC=C2. The smallest absolute Gasteiger partial charge is 0.139 e. The molecule has 2 atom stereocenters. The molecule has 0 saturated carbocycles. The Morgan fingerprint density at radius 1 is 1.28 bits per heavy atom. The third-order valence-corrected chi connectivity index (χ3v) is 6.28. The van der Waals surface area contributed by atoms with Gasteiger partial charge in [-0.1, -0.05) is 82.3 Å². The molecule has 0 saturated heterocycles. The zero-order valence-electron chi connectivity index (χ0n) is 19.9. The van der Waals surface area contributed by atoms with Crippen LogP contribution in [0, 0.1) is 0 Å². The molecule has 3 rings (SSSR count). The van der Waals surface area contributed by atoms with Crippen molar-refractivity contribution in [3.05, 3.63) is 83.4 Å². The van der Waals surface area contributed by atoms with Gasteiger partial charge in [0.25, 0.3) is 0 Å². The highest BCUT2D eigenvalue weighted by Gasteiger charge is 2.23. The molecule has 3 nitrogen and oxygen atoms in total. The fraction of sp³-hybridized carbons (Fsp3) is 0.464. The lowest BCUT2D eigenvalue weighted by Gasteiger charge is -2.35. The first kappa shape index (κ1) is 24.0. The molecular weight excluding hydrogens is 397 g/mol. The van der Waals surface area contributed by atoms with E-state index in [-0.39, 0.29) is 5.92 Å². The average Bonchev–Trinajstić information content (AvgIpc) is 2.83. The largest absolute Gasteiger partial charge is 0.383 e. The Morgan fingerprint density at radius 3 is 2.78 bits per heavy atom. The fourth-order valence-electron chi connectivity index (χ4n) is 4.39. The van der Waals surface area contributed by atoms with Crippen LogP contribution in [0.2, 0.25) is 0 Å². The monoisotopic (exact) mass is 435 g/mol. The van der Waals surface area contributed by atoms with Gasteiger partial charge in [0.2, 0.25) is 0 Å². The van der Waals surface area contributed by atoms with E-state index in [0.29, 0.717) is 18.6 Å². The minimum absolute atomic E-state index is 0.146. The molecule has 0 aliphatic carbocycles. The Kier molecular flexibility index (Phi) is 8.90. The predicted molar refractivity (Wildman–Crippen MR) is 135 cm³/mol. The average molecular weight is 436 g/mol. The van der Waals surface area contributed by atoms with Crippen LogP contribution in [0.5, 0.6) is 0 Å². The fourth-order valence-corrected chi connectivity index (χ4v) is 4.39. The zero-order chi connectivity index (χ0) is 22.9. The van der Waals surface area contributed by atoms with Crippen LogP contribution in [-0.2, 0) is 0 Å². The summed E-state index contributed by atoms with van der Waals surface area (Å²) in [5, 5.41) is 3.49. The van der Waals surface area contributed by atoms with Crippen LogP contribution >= 0.6 is 0 Å². The van der Waals surface area contributed by atoms with E-state index in [1.54, 1.807) is 0 Å². The summed E-state index contributed by atoms with van der Waals surface area (Å²) in [6, 6.07) is 10.2. The number of hydrogen-bond donors (Lipinski definition) is 1. The predicted octanol–water partition coefficient (Wildman–Crippen LogP) is 6.69. The van der Waals surface area contributed by atoms with Gasteiger partial charge in [-0.05, 0) is 42.7 Å². The van der Waals surface area contributed by atoms with E-state index in [9.17, 15) is 0 Å². The molecule has 0 aromatic heterocycles. The van der Waals surface area contributed by atoms with Crippen LogP contribution in [0.1, 0.15) is 64.4 Å². The Balaban J connectivity index is 1.76. The summed E-state index contributed by atoms with van der Waals surface area (Å²) in [5.41, 5.74) is 6.19. The van der Waals surface area contributed by atoms with Crippen molar-refractivity contribution in [1.82, 2.24) is 10.2 Å². The van der Waals surface area contributed by atoms with Crippen LogP contribution in [0.15, 0.2) is 82.8 Å². The molecule has 1 N–H and O–H groups in total.